The van der Waals surface area contributed by atoms with E-state index in [0.29, 0.717) is 24.9 Å². The Morgan fingerprint density at radius 3 is 2.93 bits per heavy atom. The average molecular weight is 465 g/mol. The molecular formula is C21H29BrN4O3. The minimum Gasteiger partial charge on any atom is -0.493 e. The zero-order valence-electron chi connectivity index (χ0n) is 17.2. The van der Waals surface area contributed by atoms with E-state index in [1.807, 2.05) is 39.1 Å². The van der Waals surface area contributed by atoms with Gasteiger partial charge in [0.2, 0.25) is 0 Å². The predicted molar refractivity (Wildman–Crippen MR) is 117 cm³/mol. The normalized spacial score (nSPS) is 16.2. The number of nitrogens with one attached hydrogen (secondary N) is 2. The van der Waals surface area contributed by atoms with Gasteiger partial charge in [-0.05, 0) is 65.9 Å². The molecule has 8 heteroatoms. The van der Waals surface area contributed by atoms with Crippen LogP contribution in [0.15, 0.2) is 28.9 Å². The number of hydrogen-bond acceptors (Lipinski definition) is 5. The Kier molecular flexibility index (Phi) is 7.55. The highest BCUT2D eigenvalue weighted by atomic mass is 79.9. The Morgan fingerprint density at radius 1 is 1.45 bits per heavy atom. The number of nitrogens with zero attached hydrogens (tertiary/aromatic N) is 2. The molecule has 2 heterocycles. The van der Waals surface area contributed by atoms with Crippen LogP contribution in [-0.2, 0) is 11.8 Å². The van der Waals surface area contributed by atoms with Crippen LogP contribution in [0.3, 0.4) is 0 Å². The number of carbonyl (C=O) groups is 1. The molecule has 1 atom stereocenters. The molecule has 3 rings (SSSR count). The second-order valence-corrected chi connectivity index (χ2v) is 8.58. The summed E-state index contributed by atoms with van der Waals surface area (Å²) >= 11 is 3.57. The molecule has 0 spiro atoms. The van der Waals surface area contributed by atoms with Crippen molar-refractivity contribution in [1.29, 1.82) is 0 Å². The predicted octanol–water partition coefficient (Wildman–Crippen LogP) is 4.58. The number of hydrogen-bond donors (Lipinski definition) is 2. The molecule has 2 aromatic rings. The summed E-state index contributed by atoms with van der Waals surface area (Å²) in [5.74, 6) is 1.04. The minimum absolute atomic E-state index is 0.284. The lowest BCUT2D eigenvalue weighted by Gasteiger charge is -2.16. The fourth-order valence-corrected chi connectivity index (χ4v) is 3.90. The van der Waals surface area contributed by atoms with Gasteiger partial charge in [0.05, 0.1) is 29.6 Å². The summed E-state index contributed by atoms with van der Waals surface area (Å²) in [6.07, 6.45) is 4.68. The number of carbonyl (C=O) groups excluding carboxylic acids is 1. The lowest BCUT2D eigenvalue weighted by Crippen LogP contribution is -2.23. The molecule has 1 aliphatic rings. The monoisotopic (exact) mass is 464 g/mol. The van der Waals surface area contributed by atoms with E-state index in [1.165, 1.54) is 12.8 Å². The summed E-state index contributed by atoms with van der Waals surface area (Å²) in [5, 5.41) is 10.6. The second-order valence-electron chi connectivity index (χ2n) is 7.72. The summed E-state index contributed by atoms with van der Waals surface area (Å²) < 4.78 is 14.0. The number of benzene rings is 1. The largest absolute Gasteiger partial charge is 0.493 e. The molecule has 0 aliphatic carbocycles. The third-order valence-electron chi connectivity index (χ3n) is 4.81. The first kappa shape index (κ1) is 21.6. The minimum atomic E-state index is -0.463. The molecule has 1 amide bonds. The second kappa shape index (κ2) is 10.1. The third kappa shape index (κ3) is 5.96. The molecule has 7 nitrogen and oxygen atoms in total. The van der Waals surface area contributed by atoms with Crippen LogP contribution in [0, 0.1) is 5.92 Å². The molecular weight excluding hydrogens is 436 g/mol. The number of aromatic nitrogens is 2. The lowest BCUT2D eigenvalue weighted by molar-refractivity contribution is 0.147. The third-order valence-corrected chi connectivity index (χ3v) is 5.39. The number of ether oxygens (including phenoxy) is 2. The Hall–Kier alpha value is -2.06. The van der Waals surface area contributed by atoms with Crippen LogP contribution in [0.2, 0.25) is 0 Å². The highest BCUT2D eigenvalue weighted by molar-refractivity contribution is 9.10. The maximum Gasteiger partial charge on any atom is 0.411 e. The molecule has 1 aliphatic heterocycles. The summed E-state index contributed by atoms with van der Waals surface area (Å²) in [5.41, 5.74) is 2.39. The molecule has 0 bridgehead atoms. The summed E-state index contributed by atoms with van der Waals surface area (Å²) in [6.45, 7) is 6.09. The molecule has 2 N–H and O–H groups in total. The van der Waals surface area contributed by atoms with Gasteiger partial charge in [0.1, 0.15) is 5.75 Å². The van der Waals surface area contributed by atoms with Gasteiger partial charge in [0.25, 0.3) is 0 Å². The van der Waals surface area contributed by atoms with Crippen LogP contribution in [0.1, 0.15) is 33.1 Å². The van der Waals surface area contributed by atoms with Crippen LogP contribution >= 0.6 is 15.9 Å². The highest BCUT2D eigenvalue weighted by Gasteiger charge is 2.18. The van der Waals surface area contributed by atoms with Gasteiger partial charge in [-0.1, -0.05) is 13.8 Å². The van der Waals surface area contributed by atoms with Crippen molar-refractivity contribution < 1.29 is 14.3 Å². The van der Waals surface area contributed by atoms with E-state index < -0.39 is 6.09 Å². The standard InChI is InChI=1S/C21H29BrN4O3/c1-14(2)13-29-21(27)25-16-6-7-19(28-10-8-15-5-4-9-23-15)17(11-16)20-18(22)12-24-26(20)3/h6-7,11-12,14-15,23H,4-5,8-10,13H2,1-3H3,(H,25,27). The van der Waals surface area contributed by atoms with Gasteiger partial charge in [-0.3, -0.25) is 10.00 Å². The van der Waals surface area contributed by atoms with Crippen molar-refractivity contribution in [3.63, 3.8) is 0 Å². The lowest BCUT2D eigenvalue weighted by atomic mass is 10.1. The van der Waals surface area contributed by atoms with E-state index in [0.717, 1.165) is 34.4 Å². The molecule has 1 saturated heterocycles. The number of amides is 1. The smallest absolute Gasteiger partial charge is 0.411 e. The zero-order valence-corrected chi connectivity index (χ0v) is 18.8. The Bertz CT molecular complexity index is 812. The van der Waals surface area contributed by atoms with Gasteiger partial charge in [-0.2, -0.15) is 5.10 Å². The molecule has 158 valence electrons. The number of rotatable bonds is 8. The topological polar surface area (TPSA) is 77.4 Å². The highest BCUT2D eigenvalue weighted by Crippen LogP contribution is 2.37. The van der Waals surface area contributed by atoms with E-state index in [4.69, 9.17) is 9.47 Å². The zero-order chi connectivity index (χ0) is 20.8. The van der Waals surface area contributed by atoms with Crippen molar-refractivity contribution in [3.05, 3.63) is 28.9 Å². The van der Waals surface area contributed by atoms with E-state index in [9.17, 15) is 4.79 Å². The van der Waals surface area contributed by atoms with E-state index in [2.05, 4.69) is 31.7 Å². The number of halogens is 1. The van der Waals surface area contributed by atoms with Crippen molar-refractivity contribution >= 4 is 27.7 Å². The maximum atomic E-state index is 12.1. The summed E-state index contributed by atoms with van der Waals surface area (Å²) in [6, 6.07) is 6.13. The first-order valence-corrected chi connectivity index (χ1v) is 10.8. The Balaban J connectivity index is 1.77. The van der Waals surface area contributed by atoms with Crippen molar-refractivity contribution in [1.82, 2.24) is 15.1 Å². The van der Waals surface area contributed by atoms with Crippen LogP contribution < -0.4 is 15.4 Å². The quantitative estimate of drug-likeness (QED) is 0.597. The van der Waals surface area contributed by atoms with Gasteiger partial charge in [0.15, 0.2) is 0 Å². The molecule has 0 radical (unpaired) electrons. The van der Waals surface area contributed by atoms with E-state index >= 15 is 0 Å². The summed E-state index contributed by atoms with van der Waals surface area (Å²) in [7, 11) is 1.88. The first-order chi connectivity index (χ1) is 13.9. The molecule has 29 heavy (non-hydrogen) atoms. The van der Waals surface area contributed by atoms with Gasteiger partial charge in [-0.15, -0.1) is 0 Å². The van der Waals surface area contributed by atoms with E-state index in [-0.39, 0.29) is 5.92 Å². The fourth-order valence-electron chi connectivity index (χ4n) is 3.34. The van der Waals surface area contributed by atoms with Crippen molar-refractivity contribution in [2.45, 2.75) is 39.2 Å². The Labute approximate surface area is 180 Å². The molecule has 1 aromatic heterocycles. The Morgan fingerprint density at radius 2 is 2.28 bits per heavy atom. The van der Waals surface area contributed by atoms with Crippen LogP contribution in [0.5, 0.6) is 5.75 Å². The molecule has 0 saturated carbocycles. The number of anilines is 1. The fraction of sp³-hybridized carbons (Fsp3) is 0.524. The maximum absolute atomic E-state index is 12.1. The van der Waals surface area contributed by atoms with Crippen LogP contribution in [-0.4, -0.2) is 41.7 Å². The first-order valence-electron chi connectivity index (χ1n) is 10.1. The SMILES string of the molecule is CC(C)COC(=O)Nc1ccc(OCCC2CCCN2)c(-c2c(Br)cnn2C)c1. The average Bonchev–Trinajstić information content (AvgIpc) is 3.31. The van der Waals surface area contributed by atoms with Crippen molar-refractivity contribution in [2.24, 2.45) is 13.0 Å². The van der Waals surface area contributed by atoms with Crippen LogP contribution in [0.25, 0.3) is 11.3 Å². The van der Waals surface area contributed by atoms with E-state index in [1.54, 1.807) is 10.9 Å². The van der Waals surface area contributed by atoms with Crippen molar-refractivity contribution in [3.8, 4) is 17.0 Å². The molecule has 1 fully saturated rings. The van der Waals surface area contributed by atoms with Crippen LogP contribution in [0.4, 0.5) is 10.5 Å². The van der Waals surface area contributed by atoms with Gasteiger partial charge < -0.3 is 14.8 Å². The number of aryl methyl sites for hydroxylation is 1. The van der Waals surface area contributed by atoms with Gasteiger partial charge in [-0.25, -0.2) is 4.79 Å². The van der Waals surface area contributed by atoms with Crippen molar-refractivity contribution in [2.75, 3.05) is 25.1 Å². The summed E-state index contributed by atoms with van der Waals surface area (Å²) in [4.78, 5) is 12.1. The van der Waals surface area contributed by atoms with Gasteiger partial charge in [0, 0.05) is 24.3 Å². The molecule has 1 unspecified atom stereocenters. The van der Waals surface area contributed by atoms with Gasteiger partial charge >= 0.3 is 6.09 Å². The molecule has 1 aromatic carbocycles.